The van der Waals surface area contributed by atoms with Gasteiger partial charge >= 0.3 is 0 Å². The van der Waals surface area contributed by atoms with E-state index in [2.05, 4.69) is 18.9 Å². The number of piperidine rings is 1. The van der Waals surface area contributed by atoms with E-state index in [1.165, 1.54) is 0 Å². The van der Waals surface area contributed by atoms with Gasteiger partial charge in [-0.3, -0.25) is 4.90 Å². The molecule has 2 fully saturated rings. The lowest BCUT2D eigenvalue weighted by molar-refractivity contribution is 0.0116. The summed E-state index contributed by atoms with van der Waals surface area (Å²) in [4.78, 5) is 4.34. The van der Waals surface area contributed by atoms with E-state index in [-0.39, 0.29) is 19.0 Å². The number of rotatable bonds is 3. The smallest absolute Gasteiger partial charge is 0.262 e. The first kappa shape index (κ1) is 13.2. The second kappa shape index (κ2) is 5.19. The average molecular weight is 246 g/mol. The van der Waals surface area contributed by atoms with Crippen molar-refractivity contribution in [3.8, 4) is 0 Å². The Morgan fingerprint density at radius 1 is 1.24 bits per heavy atom. The van der Waals surface area contributed by atoms with E-state index in [4.69, 9.17) is 0 Å². The van der Waals surface area contributed by atoms with Gasteiger partial charge in [-0.15, -0.1) is 0 Å². The van der Waals surface area contributed by atoms with Crippen LogP contribution in [0.25, 0.3) is 0 Å². The molecule has 0 N–H and O–H groups in total. The first-order valence-corrected chi connectivity index (χ1v) is 6.82. The maximum absolute atomic E-state index is 13.5. The zero-order valence-electron chi connectivity index (χ0n) is 11.0. The van der Waals surface area contributed by atoms with Crippen LogP contribution < -0.4 is 0 Å². The van der Waals surface area contributed by atoms with Crippen LogP contribution in [0, 0.1) is 5.92 Å². The van der Waals surface area contributed by atoms with Crippen molar-refractivity contribution in [2.24, 2.45) is 5.92 Å². The lowest BCUT2D eigenvalue weighted by Crippen LogP contribution is -2.41. The number of halogens is 2. The predicted octanol–water partition coefficient (Wildman–Crippen LogP) is 2.45. The van der Waals surface area contributed by atoms with Gasteiger partial charge in [0, 0.05) is 12.5 Å². The highest BCUT2D eigenvalue weighted by atomic mass is 19.3. The minimum Gasteiger partial charge on any atom is -0.306 e. The van der Waals surface area contributed by atoms with Crippen molar-refractivity contribution in [3.63, 3.8) is 0 Å². The van der Waals surface area contributed by atoms with Crippen LogP contribution in [0.3, 0.4) is 0 Å². The SMILES string of the molecule is CCCN1CC(F)(F)C[C@H]1C1CCN(C)CC1. The molecule has 2 saturated heterocycles. The molecule has 0 saturated carbocycles. The third kappa shape index (κ3) is 3.16. The molecule has 0 radical (unpaired) electrons. The normalized spacial score (nSPS) is 32.1. The van der Waals surface area contributed by atoms with E-state index in [0.29, 0.717) is 5.92 Å². The fraction of sp³-hybridized carbons (Fsp3) is 1.00. The second-order valence-electron chi connectivity index (χ2n) is 5.74. The van der Waals surface area contributed by atoms with Gasteiger partial charge in [0.15, 0.2) is 0 Å². The molecule has 100 valence electrons. The van der Waals surface area contributed by atoms with Crippen molar-refractivity contribution >= 4 is 0 Å². The Labute approximate surface area is 103 Å². The molecule has 2 aliphatic heterocycles. The Bertz CT molecular complexity index is 250. The molecule has 0 bridgehead atoms. The lowest BCUT2D eigenvalue weighted by Gasteiger charge is -2.36. The molecule has 2 rings (SSSR count). The fourth-order valence-electron chi connectivity index (χ4n) is 3.32. The van der Waals surface area contributed by atoms with Gasteiger partial charge in [0.1, 0.15) is 0 Å². The largest absolute Gasteiger partial charge is 0.306 e. The second-order valence-corrected chi connectivity index (χ2v) is 5.74. The Balaban J connectivity index is 1.97. The Morgan fingerprint density at radius 2 is 1.88 bits per heavy atom. The minimum atomic E-state index is -2.46. The number of hydrogen-bond acceptors (Lipinski definition) is 2. The van der Waals surface area contributed by atoms with Crippen LogP contribution >= 0.6 is 0 Å². The maximum Gasteiger partial charge on any atom is 0.262 e. The van der Waals surface area contributed by atoms with Gasteiger partial charge in [-0.1, -0.05) is 6.92 Å². The third-order valence-corrected chi connectivity index (χ3v) is 4.23. The molecule has 2 nitrogen and oxygen atoms in total. The Hall–Kier alpha value is -0.220. The Morgan fingerprint density at radius 3 is 2.47 bits per heavy atom. The zero-order valence-corrected chi connectivity index (χ0v) is 11.0. The molecule has 4 heteroatoms. The summed E-state index contributed by atoms with van der Waals surface area (Å²) in [5, 5.41) is 0. The molecule has 0 aromatic carbocycles. The molecule has 17 heavy (non-hydrogen) atoms. The number of nitrogens with zero attached hydrogens (tertiary/aromatic N) is 2. The summed E-state index contributed by atoms with van der Waals surface area (Å²) in [6, 6.07) is 0.124. The van der Waals surface area contributed by atoms with Crippen LogP contribution in [0.2, 0.25) is 0 Å². The zero-order chi connectivity index (χ0) is 12.5. The van der Waals surface area contributed by atoms with Crippen LogP contribution in [0.4, 0.5) is 8.78 Å². The van der Waals surface area contributed by atoms with Gasteiger partial charge in [-0.2, -0.15) is 0 Å². The van der Waals surface area contributed by atoms with Crippen molar-refractivity contribution in [2.45, 2.75) is 44.6 Å². The highest BCUT2D eigenvalue weighted by Gasteiger charge is 2.47. The van der Waals surface area contributed by atoms with Crippen molar-refractivity contribution in [2.75, 3.05) is 33.2 Å². The first-order chi connectivity index (χ1) is 8.02. The first-order valence-electron chi connectivity index (χ1n) is 6.82. The summed E-state index contributed by atoms with van der Waals surface area (Å²) in [5.74, 6) is -1.98. The summed E-state index contributed by atoms with van der Waals surface area (Å²) >= 11 is 0. The molecule has 2 aliphatic rings. The molecule has 0 aliphatic carbocycles. The van der Waals surface area contributed by atoms with E-state index >= 15 is 0 Å². The quantitative estimate of drug-likeness (QED) is 0.754. The van der Waals surface area contributed by atoms with Crippen molar-refractivity contribution in [3.05, 3.63) is 0 Å². The molecule has 0 aromatic rings. The van der Waals surface area contributed by atoms with Crippen LogP contribution in [0.15, 0.2) is 0 Å². The van der Waals surface area contributed by atoms with E-state index in [1.807, 2.05) is 4.90 Å². The monoisotopic (exact) mass is 246 g/mol. The summed E-state index contributed by atoms with van der Waals surface area (Å²) in [6.45, 7) is 5.01. The van der Waals surface area contributed by atoms with Crippen LogP contribution in [-0.2, 0) is 0 Å². The fourth-order valence-corrected chi connectivity index (χ4v) is 3.32. The van der Waals surface area contributed by atoms with Gasteiger partial charge in [-0.25, -0.2) is 8.78 Å². The van der Waals surface area contributed by atoms with Crippen LogP contribution in [-0.4, -0.2) is 55.0 Å². The van der Waals surface area contributed by atoms with Gasteiger partial charge in [0.05, 0.1) is 6.54 Å². The number of hydrogen-bond donors (Lipinski definition) is 0. The van der Waals surface area contributed by atoms with Gasteiger partial charge < -0.3 is 4.90 Å². The van der Waals surface area contributed by atoms with Crippen LogP contribution in [0.1, 0.15) is 32.6 Å². The van der Waals surface area contributed by atoms with E-state index in [0.717, 1.165) is 38.9 Å². The molecule has 2 heterocycles. The average Bonchev–Trinajstić information content (AvgIpc) is 2.56. The number of alkyl halides is 2. The summed E-state index contributed by atoms with van der Waals surface area (Å²) in [6.07, 6.45) is 3.22. The summed E-state index contributed by atoms with van der Waals surface area (Å²) < 4.78 is 27.1. The molecular formula is C13H24F2N2. The van der Waals surface area contributed by atoms with Gasteiger partial charge in [-0.05, 0) is 51.9 Å². The predicted molar refractivity (Wildman–Crippen MR) is 65.4 cm³/mol. The molecule has 1 atom stereocenters. The van der Waals surface area contributed by atoms with Crippen molar-refractivity contribution in [1.82, 2.24) is 9.80 Å². The number of likely N-dealkylation sites (tertiary alicyclic amines) is 2. The lowest BCUT2D eigenvalue weighted by atomic mass is 9.87. The molecular weight excluding hydrogens is 222 g/mol. The summed E-state index contributed by atoms with van der Waals surface area (Å²) in [5.41, 5.74) is 0. The van der Waals surface area contributed by atoms with E-state index < -0.39 is 5.92 Å². The van der Waals surface area contributed by atoms with Crippen LogP contribution in [0.5, 0.6) is 0 Å². The van der Waals surface area contributed by atoms with Gasteiger partial charge in [0.2, 0.25) is 0 Å². The molecule has 0 aromatic heterocycles. The molecule has 0 spiro atoms. The minimum absolute atomic E-state index is 0.0160. The van der Waals surface area contributed by atoms with Crippen molar-refractivity contribution in [1.29, 1.82) is 0 Å². The standard InChI is InChI=1S/C13H24F2N2/c1-3-6-17-10-13(14,15)9-12(17)11-4-7-16(2)8-5-11/h11-12H,3-10H2,1-2H3/t12-/m0/s1. The highest BCUT2D eigenvalue weighted by Crippen LogP contribution is 2.38. The maximum atomic E-state index is 13.5. The van der Waals surface area contributed by atoms with Gasteiger partial charge in [0.25, 0.3) is 5.92 Å². The van der Waals surface area contributed by atoms with Crippen molar-refractivity contribution < 1.29 is 8.78 Å². The summed E-state index contributed by atoms with van der Waals surface area (Å²) in [7, 11) is 2.11. The topological polar surface area (TPSA) is 6.48 Å². The molecule has 0 unspecified atom stereocenters. The van der Waals surface area contributed by atoms with E-state index in [1.54, 1.807) is 0 Å². The van der Waals surface area contributed by atoms with E-state index in [9.17, 15) is 8.78 Å². The third-order valence-electron chi connectivity index (χ3n) is 4.23. The molecule has 0 amide bonds. The Kier molecular flexibility index (Phi) is 4.03. The highest BCUT2D eigenvalue weighted by molar-refractivity contribution is 4.95.